The molecule has 8 nitrogen and oxygen atoms in total. The van der Waals surface area contributed by atoms with E-state index in [4.69, 9.17) is 4.74 Å². The largest absolute Gasteiger partial charge is 0.505 e. The summed E-state index contributed by atoms with van der Waals surface area (Å²) in [6, 6.07) is 0. The number of aromatic nitrogens is 3. The molecular formula is C12H15N3O5. The molecule has 0 saturated carbocycles. The van der Waals surface area contributed by atoms with E-state index in [1.807, 2.05) is 6.92 Å². The number of carbonyl (C=O) groups is 1. The first-order chi connectivity index (χ1) is 9.43. The van der Waals surface area contributed by atoms with Crippen molar-refractivity contribution in [1.29, 1.82) is 0 Å². The fourth-order valence-corrected chi connectivity index (χ4v) is 2.13. The minimum atomic E-state index is -1.06. The van der Waals surface area contributed by atoms with Crippen LogP contribution in [0, 0.1) is 6.92 Å². The van der Waals surface area contributed by atoms with Gasteiger partial charge in [0.05, 0.1) is 6.61 Å². The maximum absolute atomic E-state index is 11.9. The van der Waals surface area contributed by atoms with Crippen molar-refractivity contribution in [3.63, 3.8) is 0 Å². The summed E-state index contributed by atoms with van der Waals surface area (Å²) >= 11 is 0. The molecule has 2 aromatic heterocycles. The van der Waals surface area contributed by atoms with Gasteiger partial charge in [0, 0.05) is 6.54 Å². The van der Waals surface area contributed by atoms with Crippen molar-refractivity contribution in [3.8, 4) is 5.75 Å². The summed E-state index contributed by atoms with van der Waals surface area (Å²) in [7, 11) is 0. The van der Waals surface area contributed by atoms with Crippen molar-refractivity contribution >= 4 is 17.1 Å². The van der Waals surface area contributed by atoms with Crippen molar-refractivity contribution in [3.05, 3.63) is 21.7 Å². The van der Waals surface area contributed by atoms with Crippen molar-refractivity contribution in [2.24, 2.45) is 0 Å². The standard InChI is InChI=1S/C12H15N3O5/c1-4-14-6(3)13-10-8(14)9(16)7(11(17)15(10)19)12(18)20-5-2/h16,19H,4-5H2,1-3H3. The van der Waals surface area contributed by atoms with Crippen molar-refractivity contribution in [2.45, 2.75) is 27.3 Å². The van der Waals surface area contributed by atoms with E-state index in [0.717, 1.165) is 0 Å². The first-order valence-corrected chi connectivity index (χ1v) is 6.15. The van der Waals surface area contributed by atoms with Crippen LogP contribution in [0.3, 0.4) is 0 Å². The SMILES string of the molecule is CCOC(=O)c1c(O)c2c(nc(C)n2CC)n(O)c1=O. The Bertz CT molecular complexity index is 744. The van der Waals surface area contributed by atoms with Gasteiger partial charge in [-0.2, -0.15) is 0 Å². The van der Waals surface area contributed by atoms with Gasteiger partial charge in [-0.3, -0.25) is 4.79 Å². The number of pyridine rings is 1. The van der Waals surface area contributed by atoms with Gasteiger partial charge in [0.15, 0.2) is 11.3 Å². The van der Waals surface area contributed by atoms with Gasteiger partial charge in [0.2, 0.25) is 5.65 Å². The summed E-state index contributed by atoms with van der Waals surface area (Å²) < 4.78 is 6.55. The van der Waals surface area contributed by atoms with Crippen LogP contribution in [0.25, 0.3) is 11.2 Å². The van der Waals surface area contributed by atoms with Gasteiger partial charge in [-0.05, 0) is 20.8 Å². The Morgan fingerprint density at radius 3 is 2.60 bits per heavy atom. The van der Waals surface area contributed by atoms with Crippen LogP contribution in [0.5, 0.6) is 5.75 Å². The Labute approximate surface area is 113 Å². The number of aromatic hydroxyl groups is 1. The van der Waals surface area contributed by atoms with Crippen LogP contribution < -0.4 is 5.56 Å². The number of imidazole rings is 1. The Morgan fingerprint density at radius 2 is 2.05 bits per heavy atom. The molecule has 2 N–H and O–H groups in total. The summed E-state index contributed by atoms with van der Waals surface area (Å²) in [5.41, 5.74) is -1.64. The van der Waals surface area contributed by atoms with E-state index in [9.17, 15) is 19.9 Å². The Hall–Kier alpha value is -2.51. The minimum Gasteiger partial charge on any atom is -0.505 e. The van der Waals surface area contributed by atoms with Crippen LogP contribution in [-0.2, 0) is 11.3 Å². The zero-order chi connectivity index (χ0) is 15.0. The third kappa shape index (κ3) is 1.80. The van der Waals surface area contributed by atoms with Crippen molar-refractivity contribution in [2.75, 3.05) is 6.61 Å². The lowest BCUT2D eigenvalue weighted by Gasteiger charge is -2.09. The second-order valence-electron chi connectivity index (χ2n) is 4.14. The maximum atomic E-state index is 11.9. The Kier molecular flexibility index (Phi) is 3.39. The van der Waals surface area contributed by atoms with Gasteiger partial charge in [-0.1, -0.05) is 0 Å². The maximum Gasteiger partial charge on any atom is 0.347 e. The molecule has 0 unspecified atom stereocenters. The van der Waals surface area contributed by atoms with Crippen LogP contribution in [0.4, 0.5) is 0 Å². The van der Waals surface area contributed by atoms with Gasteiger partial charge in [-0.15, -0.1) is 4.73 Å². The molecule has 0 aliphatic rings. The third-order valence-electron chi connectivity index (χ3n) is 3.00. The summed E-state index contributed by atoms with van der Waals surface area (Å²) in [4.78, 5) is 27.7. The number of hydrogen-bond acceptors (Lipinski definition) is 6. The van der Waals surface area contributed by atoms with Gasteiger partial charge in [0.1, 0.15) is 11.3 Å². The van der Waals surface area contributed by atoms with E-state index in [1.165, 1.54) is 0 Å². The minimum absolute atomic E-state index is 0.0489. The lowest BCUT2D eigenvalue weighted by molar-refractivity contribution is 0.0515. The Morgan fingerprint density at radius 1 is 1.40 bits per heavy atom. The number of ether oxygens (including phenoxy) is 1. The summed E-state index contributed by atoms with van der Waals surface area (Å²) in [5, 5.41) is 20.0. The predicted octanol–water partition coefficient (Wildman–Crippen LogP) is 0.646. The molecular weight excluding hydrogens is 266 g/mol. The average molecular weight is 281 g/mol. The molecule has 0 aliphatic carbocycles. The first-order valence-electron chi connectivity index (χ1n) is 6.15. The molecule has 0 radical (unpaired) electrons. The second-order valence-corrected chi connectivity index (χ2v) is 4.14. The van der Waals surface area contributed by atoms with Crippen LogP contribution in [-0.4, -0.2) is 37.2 Å². The van der Waals surface area contributed by atoms with E-state index in [0.29, 0.717) is 12.4 Å². The van der Waals surface area contributed by atoms with Gasteiger partial charge in [0.25, 0.3) is 0 Å². The van der Waals surface area contributed by atoms with Gasteiger partial charge >= 0.3 is 11.5 Å². The van der Waals surface area contributed by atoms with E-state index in [-0.39, 0.29) is 22.5 Å². The van der Waals surface area contributed by atoms with E-state index >= 15 is 0 Å². The number of nitrogens with zero attached hydrogens (tertiary/aromatic N) is 3. The number of esters is 1. The number of carbonyl (C=O) groups excluding carboxylic acids is 1. The van der Waals surface area contributed by atoms with E-state index in [1.54, 1.807) is 18.4 Å². The van der Waals surface area contributed by atoms with Crippen molar-refractivity contribution in [1.82, 2.24) is 14.3 Å². The normalized spacial score (nSPS) is 10.9. The highest BCUT2D eigenvalue weighted by molar-refractivity contribution is 5.97. The highest BCUT2D eigenvalue weighted by Gasteiger charge is 2.26. The zero-order valence-corrected chi connectivity index (χ0v) is 11.4. The highest BCUT2D eigenvalue weighted by atomic mass is 16.5. The number of fused-ring (bicyclic) bond motifs is 1. The number of hydrogen-bond donors (Lipinski definition) is 2. The molecule has 2 rings (SSSR count). The third-order valence-corrected chi connectivity index (χ3v) is 3.00. The van der Waals surface area contributed by atoms with Crippen LogP contribution in [0.1, 0.15) is 30.0 Å². The quantitative estimate of drug-likeness (QED) is 0.631. The number of aryl methyl sites for hydroxylation is 2. The molecule has 2 aromatic rings. The fraction of sp³-hybridized carbons (Fsp3) is 0.417. The molecule has 0 aromatic carbocycles. The highest BCUT2D eigenvalue weighted by Crippen LogP contribution is 2.27. The van der Waals surface area contributed by atoms with Crippen LogP contribution in [0.15, 0.2) is 4.79 Å². The van der Waals surface area contributed by atoms with Crippen LogP contribution in [0.2, 0.25) is 0 Å². The fourth-order valence-electron chi connectivity index (χ4n) is 2.13. The molecule has 0 aliphatic heterocycles. The predicted molar refractivity (Wildman–Crippen MR) is 69.2 cm³/mol. The topological polar surface area (TPSA) is 107 Å². The monoisotopic (exact) mass is 281 g/mol. The number of rotatable bonds is 3. The molecule has 0 atom stereocenters. The summed E-state index contributed by atoms with van der Waals surface area (Å²) in [6.07, 6.45) is 0. The van der Waals surface area contributed by atoms with E-state index in [2.05, 4.69) is 4.98 Å². The zero-order valence-electron chi connectivity index (χ0n) is 11.4. The second kappa shape index (κ2) is 4.87. The van der Waals surface area contributed by atoms with Crippen LogP contribution >= 0.6 is 0 Å². The Balaban J connectivity index is 2.91. The molecule has 0 saturated heterocycles. The first kappa shape index (κ1) is 13.9. The summed E-state index contributed by atoms with van der Waals surface area (Å²) in [6.45, 7) is 5.55. The lowest BCUT2D eigenvalue weighted by atomic mass is 10.2. The molecule has 0 spiro atoms. The molecule has 0 bridgehead atoms. The molecule has 0 amide bonds. The molecule has 2 heterocycles. The smallest absolute Gasteiger partial charge is 0.347 e. The van der Waals surface area contributed by atoms with E-state index < -0.39 is 22.8 Å². The molecule has 108 valence electrons. The van der Waals surface area contributed by atoms with Gasteiger partial charge < -0.3 is 19.6 Å². The molecule has 0 fully saturated rings. The van der Waals surface area contributed by atoms with Gasteiger partial charge in [-0.25, -0.2) is 9.78 Å². The lowest BCUT2D eigenvalue weighted by Crippen LogP contribution is -2.27. The molecule has 8 heteroatoms. The average Bonchev–Trinajstić information content (AvgIpc) is 2.73. The van der Waals surface area contributed by atoms with Crippen molar-refractivity contribution < 1.29 is 19.8 Å². The molecule has 20 heavy (non-hydrogen) atoms. The summed E-state index contributed by atoms with van der Waals surface area (Å²) in [5.74, 6) is -1.02.